The Morgan fingerprint density at radius 3 is 3.15 bits per heavy atom. The van der Waals surface area contributed by atoms with E-state index in [2.05, 4.69) is 27.3 Å². The van der Waals surface area contributed by atoms with Crippen LogP contribution >= 0.6 is 15.9 Å². The average molecular weight is 238 g/mol. The van der Waals surface area contributed by atoms with Crippen LogP contribution in [-0.2, 0) is 0 Å². The molecular formula is C10H8BrNO. The summed E-state index contributed by atoms with van der Waals surface area (Å²) in [6, 6.07) is 6.29. The lowest BCUT2D eigenvalue weighted by Crippen LogP contribution is -2.31. The van der Waals surface area contributed by atoms with Crippen LogP contribution in [-0.4, -0.2) is 11.9 Å². The lowest BCUT2D eigenvalue weighted by atomic mass is 10.00. The fourth-order valence-electron chi connectivity index (χ4n) is 1.99. The number of fused-ring (bicyclic) bond motifs is 3. The second-order valence-electron chi connectivity index (χ2n) is 3.65. The van der Waals surface area contributed by atoms with E-state index in [1.807, 2.05) is 12.1 Å². The molecule has 0 saturated heterocycles. The zero-order valence-corrected chi connectivity index (χ0v) is 8.47. The Balaban J connectivity index is 2.20. The molecule has 2 unspecified atom stereocenters. The summed E-state index contributed by atoms with van der Waals surface area (Å²) in [6.45, 7) is 0. The quantitative estimate of drug-likeness (QED) is 0.736. The molecule has 0 aromatic heterocycles. The summed E-state index contributed by atoms with van der Waals surface area (Å²) < 4.78 is 1.06. The van der Waals surface area contributed by atoms with Gasteiger partial charge in [0, 0.05) is 22.0 Å². The van der Waals surface area contributed by atoms with Gasteiger partial charge in [0.15, 0.2) is 0 Å². The summed E-state index contributed by atoms with van der Waals surface area (Å²) >= 11 is 3.42. The number of rotatable bonds is 0. The topological polar surface area (TPSA) is 29.1 Å². The van der Waals surface area contributed by atoms with Crippen LogP contribution in [0.4, 0.5) is 0 Å². The Hall–Kier alpha value is -0.830. The molecule has 1 amide bonds. The fourth-order valence-corrected chi connectivity index (χ4v) is 2.37. The van der Waals surface area contributed by atoms with Crippen molar-refractivity contribution in [3.05, 3.63) is 33.8 Å². The lowest BCUT2D eigenvalue weighted by Gasteiger charge is -2.15. The van der Waals surface area contributed by atoms with Crippen LogP contribution in [0.15, 0.2) is 22.7 Å². The highest BCUT2D eigenvalue weighted by atomic mass is 79.9. The van der Waals surface area contributed by atoms with Crippen molar-refractivity contribution >= 4 is 21.8 Å². The van der Waals surface area contributed by atoms with Gasteiger partial charge in [0.25, 0.3) is 5.91 Å². The monoisotopic (exact) mass is 237 g/mol. The highest BCUT2D eigenvalue weighted by Gasteiger charge is 2.45. The number of amides is 1. The lowest BCUT2D eigenvalue weighted by molar-refractivity contribution is 0.0944. The fraction of sp³-hybridized carbons (Fsp3) is 0.300. The van der Waals surface area contributed by atoms with E-state index in [1.165, 1.54) is 5.56 Å². The van der Waals surface area contributed by atoms with Crippen molar-refractivity contribution in [1.82, 2.24) is 5.32 Å². The highest BCUT2D eigenvalue weighted by Crippen LogP contribution is 2.45. The third kappa shape index (κ3) is 1.03. The Morgan fingerprint density at radius 1 is 1.46 bits per heavy atom. The molecule has 3 heteroatoms. The van der Waals surface area contributed by atoms with E-state index in [9.17, 15) is 4.79 Å². The number of hydrogen-bond acceptors (Lipinski definition) is 1. The molecule has 13 heavy (non-hydrogen) atoms. The van der Waals surface area contributed by atoms with Crippen molar-refractivity contribution in [3.63, 3.8) is 0 Å². The number of carbonyl (C=O) groups excluding carboxylic acids is 1. The standard InChI is InChI=1S/C10H8BrNO/c11-5-1-2-6-7(3-5)8-4-9(8)12-10(6)13/h1-3,8-9H,4H2,(H,12,13). The van der Waals surface area contributed by atoms with Gasteiger partial charge in [-0.05, 0) is 30.2 Å². The van der Waals surface area contributed by atoms with Gasteiger partial charge in [-0.2, -0.15) is 0 Å². The van der Waals surface area contributed by atoms with Gasteiger partial charge < -0.3 is 5.32 Å². The van der Waals surface area contributed by atoms with Crippen molar-refractivity contribution in [2.45, 2.75) is 18.4 Å². The minimum Gasteiger partial charge on any atom is -0.349 e. The molecule has 1 heterocycles. The molecule has 0 radical (unpaired) electrons. The molecule has 0 spiro atoms. The first-order valence-corrected chi connectivity index (χ1v) is 5.15. The Labute approximate surface area is 84.5 Å². The molecule has 1 N–H and O–H groups in total. The number of nitrogens with one attached hydrogen (secondary N) is 1. The predicted octanol–water partition coefficient (Wildman–Crippen LogP) is 2.05. The molecule has 2 atom stereocenters. The third-order valence-electron chi connectivity index (χ3n) is 2.76. The molecule has 2 nitrogen and oxygen atoms in total. The SMILES string of the molecule is O=C1NC2CC2c2cc(Br)ccc21. The molecule has 66 valence electrons. The van der Waals surface area contributed by atoms with Gasteiger partial charge in [-0.1, -0.05) is 15.9 Å². The second kappa shape index (κ2) is 2.35. The van der Waals surface area contributed by atoms with Gasteiger partial charge >= 0.3 is 0 Å². The normalized spacial score (nSPS) is 28.8. The smallest absolute Gasteiger partial charge is 0.251 e. The van der Waals surface area contributed by atoms with E-state index in [0.29, 0.717) is 12.0 Å². The molecule has 1 fully saturated rings. The zero-order valence-electron chi connectivity index (χ0n) is 6.88. The van der Waals surface area contributed by atoms with Gasteiger partial charge in [0.05, 0.1) is 0 Å². The first kappa shape index (κ1) is 7.56. The number of halogens is 1. The van der Waals surface area contributed by atoms with Crippen molar-refractivity contribution in [3.8, 4) is 0 Å². The van der Waals surface area contributed by atoms with Crippen molar-refractivity contribution in [1.29, 1.82) is 0 Å². The minimum atomic E-state index is 0.0845. The van der Waals surface area contributed by atoms with Gasteiger partial charge in [0.1, 0.15) is 0 Å². The van der Waals surface area contributed by atoms with Crippen LogP contribution in [0, 0.1) is 0 Å². The van der Waals surface area contributed by atoms with E-state index < -0.39 is 0 Å². The van der Waals surface area contributed by atoms with E-state index in [1.54, 1.807) is 0 Å². The summed E-state index contributed by atoms with van der Waals surface area (Å²) in [5, 5.41) is 2.97. The maximum atomic E-state index is 11.5. The van der Waals surface area contributed by atoms with Gasteiger partial charge in [-0.3, -0.25) is 4.79 Å². The predicted molar refractivity (Wildman–Crippen MR) is 52.8 cm³/mol. The van der Waals surface area contributed by atoms with E-state index >= 15 is 0 Å². The van der Waals surface area contributed by atoms with Gasteiger partial charge in [0.2, 0.25) is 0 Å². The van der Waals surface area contributed by atoms with Crippen LogP contribution in [0.25, 0.3) is 0 Å². The number of hydrogen-bond donors (Lipinski definition) is 1. The van der Waals surface area contributed by atoms with E-state index in [-0.39, 0.29) is 5.91 Å². The molecule has 3 rings (SSSR count). The average Bonchev–Trinajstić information content (AvgIpc) is 2.83. The van der Waals surface area contributed by atoms with E-state index in [0.717, 1.165) is 16.5 Å². The molecule has 1 aliphatic heterocycles. The van der Waals surface area contributed by atoms with Gasteiger partial charge in [-0.25, -0.2) is 0 Å². The minimum absolute atomic E-state index is 0.0845. The molecule has 2 aliphatic rings. The number of benzene rings is 1. The summed E-state index contributed by atoms with van der Waals surface area (Å²) in [5.41, 5.74) is 2.06. The Morgan fingerprint density at radius 2 is 2.31 bits per heavy atom. The largest absolute Gasteiger partial charge is 0.349 e. The van der Waals surface area contributed by atoms with Crippen molar-refractivity contribution in [2.24, 2.45) is 0 Å². The zero-order chi connectivity index (χ0) is 9.00. The highest BCUT2D eigenvalue weighted by molar-refractivity contribution is 9.10. The maximum absolute atomic E-state index is 11.5. The van der Waals surface area contributed by atoms with Crippen LogP contribution in [0.2, 0.25) is 0 Å². The van der Waals surface area contributed by atoms with Gasteiger partial charge in [-0.15, -0.1) is 0 Å². The van der Waals surface area contributed by atoms with Crippen LogP contribution < -0.4 is 5.32 Å². The first-order chi connectivity index (χ1) is 6.25. The second-order valence-corrected chi connectivity index (χ2v) is 4.57. The van der Waals surface area contributed by atoms with Crippen LogP contribution in [0.5, 0.6) is 0 Å². The summed E-state index contributed by atoms with van der Waals surface area (Å²) in [4.78, 5) is 11.5. The molecule has 0 bridgehead atoms. The number of carbonyl (C=O) groups is 1. The maximum Gasteiger partial charge on any atom is 0.251 e. The summed E-state index contributed by atoms with van der Waals surface area (Å²) in [7, 11) is 0. The van der Waals surface area contributed by atoms with Crippen LogP contribution in [0.3, 0.4) is 0 Å². The third-order valence-corrected chi connectivity index (χ3v) is 3.26. The Kier molecular flexibility index (Phi) is 1.37. The van der Waals surface area contributed by atoms with Crippen molar-refractivity contribution in [2.75, 3.05) is 0 Å². The molecule has 1 saturated carbocycles. The molecule has 1 aromatic rings. The Bertz CT molecular complexity index is 402. The van der Waals surface area contributed by atoms with Crippen molar-refractivity contribution < 1.29 is 4.79 Å². The molecule has 1 aliphatic carbocycles. The molecular weight excluding hydrogens is 230 g/mol. The molecule has 1 aromatic carbocycles. The summed E-state index contributed by atoms with van der Waals surface area (Å²) in [6.07, 6.45) is 1.11. The first-order valence-electron chi connectivity index (χ1n) is 4.36. The summed E-state index contributed by atoms with van der Waals surface area (Å²) in [5.74, 6) is 0.659. The van der Waals surface area contributed by atoms with Crippen LogP contribution in [0.1, 0.15) is 28.3 Å². The van der Waals surface area contributed by atoms with E-state index in [4.69, 9.17) is 0 Å².